The van der Waals surface area contributed by atoms with Crippen LogP contribution >= 0.6 is 15.9 Å². The van der Waals surface area contributed by atoms with E-state index in [4.69, 9.17) is 11.1 Å². The first-order chi connectivity index (χ1) is 8.99. The lowest BCUT2D eigenvalue weighted by Crippen LogP contribution is -2.18. The van der Waals surface area contributed by atoms with Gasteiger partial charge in [-0.1, -0.05) is 22.0 Å². The molecule has 0 unspecified atom stereocenters. The van der Waals surface area contributed by atoms with Crippen LogP contribution in [0, 0.1) is 11.2 Å². The Bertz CT molecular complexity index is 628. The molecule has 19 heavy (non-hydrogen) atoms. The molecule has 5 heteroatoms. The van der Waals surface area contributed by atoms with E-state index in [1.165, 1.54) is 12.1 Å². The number of nitrogens with one attached hydrogen (secondary N) is 1. The van der Waals surface area contributed by atoms with E-state index in [9.17, 15) is 4.39 Å². The molecule has 0 aliphatic rings. The number of nitrogens with two attached hydrogens (primary N) is 1. The topological polar surface area (TPSA) is 53.1 Å². The van der Waals surface area contributed by atoms with E-state index in [1.807, 2.05) is 19.2 Å². The predicted octanol–water partition coefficient (Wildman–Crippen LogP) is 3.64. The minimum Gasteiger partial charge on any atom is -0.384 e. The highest BCUT2D eigenvalue weighted by molar-refractivity contribution is 9.10. The first-order valence-corrected chi connectivity index (χ1v) is 6.41. The van der Waals surface area contributed by atoms with Crippen LogP contribution in [0.2, 0.25) is 0 Å². The van der Waals surface area contributed by atoms with Crippen LogP contribution in [-0.2, 0) is 0 Å². The number of anilines is 2. The number of amidine groups is 1. The fourth-order valence-corrected chi connectivity index (χ4v) is 2.20. The molecular formula is C14H13BrFN3. The van der Waals surface area contributed by atoms with Crippen LogP contribution in [0.1, 0.15) is 5.56 Å². The smallest absolute Gasteiger partial charge is 0.125 e. The SMILES string of the molecule is CN(c1cccc(F)c1)c1ccc(Br)cc1C(=N)N. The van der Waals surface area contributed by atoms with Crippen LogP contribution in [0.5, 0.6) is 0 Å². The highest BCUT2D eigenvalue weighted by Crippen LogP contribution is 2.29. The largest absolute Gasteiger partial charge is 0.384 e. The number of hydrogen-bond donors (Lipinski definition) is 2. The van der Waals surface area contributed by atoms with Crippen molar-refractivity contribution in [3.05, 3.63) is 58.3 Å². The Labute approximate surface area is 119 Å². The number of benzene rings is 2. The van der Waals surface area contributed by atoms with Crippen LogP contribution < -0.4 is 10.6 Å². The first-order valence-electron chi connectivity index (χ1n) is 5.62. The van der Waals surface area contributed by atoms with Gasteiger partial charge in [0.1, 0.15) is 11.7 Å². The Kier molecular flexibility index (Phi) is 3.85. The van der Waals surface area contributed by atoms with Crippen LogP contribution in [0.15, 0.2) is 46.9 Å². The second-order valence-electron chi connectivity index (χ2n) is 4.11. The molecule has 0 saturated heterocycles. The molecule has 0 spiro atoms. The summed E-state index contributed by atoms with van der Waals surface area (Å²) in [5.41, 5.74) is 7.64. The molecule has 0 heterocycles. The summed E-state index contributed by atoms with van der Waals surface area (Å²) >= 11 is 3.35. The molecule has 0 aromatic heterocycles. The molecule has 0 bridgehead atoms. The summed E-state index contributed by atoms with van der Waals surface area (Å²) in [5.74, 6) is -0.328. The summed E-state index contributed by atoms with van der Waals surface area (Å²) in [7, 11) is 1.81. The fourth-order valence-electron chi connectivity index (χ4n) is 1.84. The predicted molar refractivity (Wildman–Crippen MR) is 79.6 cm³/mol. The second kappa shape index (κ2) is 5.40. The quantitative estimate of drug-likeness (QED) is 0.669. The summed E-state index contributed by atoms with van der Waals surface area (Å²) in [6.07, 6.45) is 0. The van der Waals surface area contributed by atoms with E-state index in [1.54, 1.807) is 23.1 Å². The van der Waals surface area contributed by atoms with Gasteiger partial charge >= 0.3 is 0 Å². The summed E-state index contributed by atoms with van der Waals surface area (Å²) in [6, 6.07) is 11.7. The average molecular weight is 322 g/mol. The fraction of sp³-hybridized carbons (Fsp3) is 0.0714. The van der Waals surface area contributed by atoms with E-state index < -0.39 is 0 Å². The average Bonchev–Trinajstić information content (AvgIpc) is 2.37. The summed E-state index contributed by atoms with van der Waals surface area (Å²) in [4.78, 5) is 1.80. The zero-order chi connectivity index (χ0) is 14.0. The molecule has 0 aliphatic heterocycles. The van der Waals surface area contributed by atoms with Crippen molar-refractivity contribution in [3.63, 3.8) is 0 Å². The van der Waals surface area contributed by atoms with Crippen molar-refractivity contribution in [1.82, 2.24) is 0 Å². The Morgan fingerprint density at radius 3 is 2.63 bits per heavy atom. The number of rotatable bonds is 3. The first kappa shape index (κ1) is 13.5. The molecule has 98 valence electrons. The van der Waals surface area contributed by atoms with Crippen LogP contribution in [0.4, 0.5) is 15.8 Å². The molecule has 3 N–H and O–H groups in total. The van der Waals surface area contributed by atoms with Crippen molar-refractivity contribution < 1.29 is 4.39 Å². The van der Waals surface area contributed by atoms with Crippen LogP contribution in [0.3, 0.4) is 0 Å². The summed E-state index contributed by atoms with van der Waals surface area (Å²) < 4.78 is 14.1. The molecular weight excluding hydrogens is 309 g/mol. The molecule has 0 radical (unpaired) electrons. The maximum absolute atomic E-state index is 13.3. The Morgan fingerprint density at radius 2 is 2.00 bits per heavy atom. The monoisotopic (exact) mass is 321 g/mol. The minimum atomic E-state index is -0.300. The van der Waals surface area contributed by atoms with E-state index >= 15 is 0 Å². The highest BCUT2D eigenvalue weighted by Gasteiger charge is 2.12. The standard InChI is InChI=1S/C14H13BrFN3/c1-19(11-4-2-3-10(16)8-11)13-6-5-9(15)7-12(13)14(17)18/h2-8H,1H3,(H3,17,18). The lowest BCUT2D eigenvalue weighted by atomic mass is 10.1. The highest BCUT2D eigenvalue weighted by atomic mass is 79.9. The zero-order valence-electron chi connectivity index (χ0n) is 10.3. The van der Waals surface area contributed by atoms with Crippen molar-refractivity contribution >= 4 is 33.1 Å². The van der Waals surface area contributed by atoms with Gasteiger partial charge in [0.2, 0.25) is 0 Å². The van der Waals surface area contributed by atoms with Gasteiger partial charge in [-0.3, -0.25) is 5.41 Å². The molecule has 0 atom stereocenters. The third kappa shape index (κ3) is 2.93. The number of halogens is 2. The number of nitrogen functional groups attached to an aromatic ring is 1. The summed E-state index contributed by atoms with van der Waals surface area (Å²) in [6.45, 7) is 0. The molecule has 0 aliphatic carbocycles. The lowest BCUT2D eigenvalue weighted by molar-refractivity contribution is 0.628. The van der Waals surface area contributed by atoms with Crippen LogP contribution in [-0.4, -0.2) is 12.9 Å². The van der Waals surface area contributed by atoms with Gasteiger partial charge in [-0.25, -0.2) is 4.39 Å². The van der Waals surface area contributed by atoms with Crippen molar-refractivity contribution in [3.8, 4) is 0 Å². The maximum atomic E-state index is 13.3. The molecule has 2 aromatic carbocycles. The van der Waals surface area contributed by atoms with E-state index in [-0.39, 0.29) is 11.7 Å². The van der Waals surface area contributed by atoms with Gasteiger partial charge in [-0.2, -0.15) is 0 Å². The molecule has 2 rings (SSSR count). The molecule has 0 amide bonds. The van der Waals surface area contributed by atoms with E-state index in [0.29, 0.717) is 11.3 Å². The van der Waals surface area contributed by atoms with Gasteiger partial charge in [0, 0.05) is 22.8 Å². The van der Waals surface area contributed by atoms with E-state index in [2.05, 4.69) is 15.9 Å². The normalized spacial score (nSPS) is 10.3. The molecule has 0 saturated carbocycles. The van der Waals surface area contributed by atoms with Crippen molar-refractivity contribution in [1.29, 1.82) is 5.41 Å². The second-order valence-corrected chi connectivity index (χ2v) is 5.03. The zero-order valence-corrected chi connectivity index (χ0v) is 11.9. The maximum Gasteiger partial charge on any atom is 0.125 e. The Hall–Kier alpha value is -1.88. The van der Waals surface area contributed by atoms with Gasteiger partial charge in [-0.05, 0) is 36.4 Å². The van der Waals surface area contributed by atoms with Gasteiger partial charge in [0.15, 0.2) is 0 Å². The Morgan fingerprint density at radius 1 is 1.26 bits per heavy atom. The minimum absolute atomic E-state index is 0.0282. The van der Waals surface area contributed by atoms with Crippen molar-refractivity contribution in [2.24, 2.45) is 5.73 Å². The Balaban J connectivity index is 2.49. The summed E-state index contributed by atoms with van der Waals surface area (Å²) in [5, 5.41) is 7.63. The van der Waals surface area contributed by atoms with Gasteiger partial charge < -0.3 is 10.6 Å². The van der Waals surface area contributed by atoms with Gasteiger partial charge in [0.25, 0.3) is 0 Å². The van der Waals surface area contributed by atoms with Gasteiger partial charge in [0.05, 0.1) is 5.69 Å². The third-order valence-electron chi connectivity index (χ3n) is 2.81. The van der Waals surface area contributed by atoms with E-state index in [0.717, 1.165) is 10.2 Å². The van der Waals surface area contributed by atoms with Crippen molar-refractivity contribution in [2.45, 2.75) is 0 Å². The van der Waals surface area contributed by atoms with Crippen LogP contribution in [0.25, 0.3) is 0 Å². The number of hydrogen-bond acceptors (Lipinski definition) is 2. The molecule has 0 fully saturated rings. The molecule has 3 nitrogen and oxygen atoms in total. The lowest BCUT2D eigenvalue weighted by Gasteiger charge is -2.22. The van der Waals surface area contributed by atoms with Gasteiger partial charge in [-0.15, -0.1) is 0 Å². The number of nitrogens with zero attached hydrogens (tertiary/aromatic N) is 1. The van der Waals surface area contributed by atoms with Crippen molar-refractivity contribution in [2.75, 3.05) is 11.9 Å². The molecule has 2 aromatic rings. The third-order valence-corrected chi connectivity index (χ3v) is 3.30.